The summed E-state index contributed by atoms with van der Waals surface area (Å²) in [5, 5.41) is 0.977. The van der Waals surface area contributed by atoms with Crippen molar-refractivity contribution < 1.29 is 9.47 Å². The monoisotopic (exact) mass is 274 g/mol. The number of rotatable bonds is 1. The molecule has 4 atom stereocenters. The first kappa shape index (κ1) is 10.5. The predicted octanol–water partition coefficient (Wildman–Crippen LogP) is 3.03. The first-order chi connectivity index (χ1) is 7.32. The van der Waals surface area contributed by atoms with Gasteiger partial charge in [-0.1, -0.05) is 15.9 Å². The van der Waals surface area contributed by atoms with Gasteiger partial charge in [0, 0.05) is 5.33 Å². The zero-order chi connectivity index (χ0) is 10.3. The first-order valence-corrected chi connectivity index (χ1v) is 7.34. The van der Waals surface area contributed by atoms with Crippen LogP contribution in [0, 0.1) is 0 Å². The zero-order valence-electron chi connectivity index (χ0n) is 9.08. The van der Waals surface area contributed by atoms with Crippen LogP contribution >= 0.6 is 15.9 Å². The zero-order valence-corrected chi connectivity index (χ0v) is 10.7. The molecule has 3 fully saturated rings. The SMILES string of the molecule is BrCC1CCCC2(CCC3CCC2O3)O1. The Morgan fingerprint density at radius 1 is 1.13 bits per heavy atom. The highest BCUT2D eigenvalue weighted by Crippen LogP contribution is 2.46. The van der Waals surface area contributed by atoms with Gasteiger partial charge in [-0.25, -0.2) is 0 Å². The van der Waals surface area contributed by atoms with Gasteiger partial charge in [0.1, 0.15) is 0 Å². The maximum absolute atomic E-state index is 6.32. The third-order valence-corrected chi connectivity index (χ3v) is 5.01. The Morgan fingerprint density at radius 3 is 2.93 bits per heavy atom. The van der Waals surface area contributed by atoms with Gasteiger partial charge in [-0.3, -0.25) is 0 Å². The van der Waals surface area contributed by atoms with E-state index in [4.69, 9.17) is 9.47 Å². The van der Waals surface area contributed by atoms with E-state index in [0.29, 0.717) is 18.3 Å². The molecular formula is C12H19BrO2. The van der Waals surface area contributed by atoms with Crippen LogP contribution in [0.4, 0.5) is 0 Å². The third kappa shape index (κ3) is 1.77. The van der Waals surface area contributed by atoms with Crippen LogP contribution in [0.3, 0.4) is 0 Å². The Bertz CT molecular complexity index is 246. The lowest BCUT2D eigenvalue weighted by atomic mass is 9.82. The number of halogens is 1. The highest BCUT2D eigenvalue weighted by Gasteiger charge is 2.50. The van der Waals surface area contributed by atoms with Gasteiger partial charge < -0.3 is 9.47 Å². The maximum Gasteiger partial charge on any atom is 0.0948 e. The summed E-state index contributed by atoms with van der Waals surface area (Å²) in [6, 6.07) is 0. The van der Waals surface area contributed by atoms with Gasteiger partial charge in [-0.05, 0) is 44.9 Å². The fourth-order valence-corrected chi connectivity index (χ4v) is 3.94. The molecule has 3 heteroatoms. The molecular weight excluding hydrogens is 256 g/mol. The Balaban J connectivity index is 1.77. The standard InChI is InChI=1S/C12H19BrO2/c13-8-10-2-1-6-12(15-10)7-5-9-3-4-11(12)14-9/h9-11H,1-8H2. The Hall–Kier alpha value is 0.400. The van der Waals surface area contributed by atoms with E-state index in [1.54, 1.807) is 0 Å². The summed E-state index contributed by atoms with van der Waals surface area (Å²) in [5.41, 5.74) is 0.0870. The van der Waals surface area contributed by atoms with Gasteiger partial charge >= 0.3 is 0 Å². The van der Waals surface area contributed by atoms with E-state index in [9.17, 15) is 0 Å². The summed E-state index contributed by atoms with van der Waals surface area (Å²) in [5.74, 6) is 0. The molecule has 3 aliphatic heterocycles. The van der Waals surface area contributed by atoms with Crippen LogP contribution in [-0.2, 0) is 9.47 Å². The van der Waals surface area contributed by atoms with E-state index < -0.39 is 0 Å². The van der Waals surface area contributed by atoms with Crippen LogP contribution in [0.15, 0.2) is 0 Å². The van der Waals surface area contributed by atoms with Crippen molar-refractivity contribution in [3.63, 3.8) is 0 Å². The van der Waals surface area contributed by atoms with Crippen molar-refractivity contribution in [1.82, 2.24) is 0 Å². The first-order valence-electron chi connectivity index (χ1n) is 6.22. The number of hydrogen-bond donors (Lipinski definition) is 0. The lowest BCUT2D eigenvalue weighted by molar-refractivity contribution is -0.212. The molecule has 0 aromatic rings. The predicted molar refractivity (Wildman–Crippen MR) is 62.4 cm³/mol. The molecule has 1 spiro atoms. The van der Waals surface area contributed by atoms with Crippen molar-refractivity contribution in [2.45, 2.75) is 68.9 Å². The molecule has 3 aliphatic rings. The second-order valence-electron chi connectivity index (χ2n) is 5.21. The van der Waals surface area contributed by atoms with Gasteiger partial charge in [0.15, 0.2) is 0 Å². The third-order valence-electron chi connectivity index (χ3n) is 4.28. The molecule has 3 rings (SSSR count). The van der Waals surface area contributed by atoms with Gasteiger partial charge in [-0.15, -0.1) is 0 Å². The van der Waals surface area contributed by atoms with Crippen LogP contribution < -0.4 is 0 Å². The van der Waals surface area contributed by atoms with E-state index in [-0.39, 0.29) is 5.60 Å². The Labute approximate surface area is 99.8 Å². The second kappa shape index (κ2) is 4.01. The summed E-state index contributed by atoms with van der Waals surface area (Å²) in [6.07, 6.45) is 10.0. The van der Waals surface area contributed by atoms with Crippen molar-refractivity contribution in [2.75, 3.05) is 5.33 Å². The average molecular weight is 275 g/mol. The fourth-order valence-electron chi connectivity index (χ4n) is 3.48. The van der Waals surface area contributed by atoms with E-state index in [2.05, 4.69) is 15.9 Å². The molecule has 0 aliphatic carbocycles. The molecule has 3 saturated heterocycles. The lowest BCUT2D eigenvalue weighted by Gasteiger charge is -2.47. The van der Waals surface area contributed by atoms with Gasteiger partial charge in [0.05, 0.1) is 23.9 Å². The molecule has 0 aromatic carbocycles. The van der Waals surface area contributed by atoms with Crippen molar-refractivity contribution in [2.24, 2.45) is 0 Å². The largest absolute Gasteiger partial charge is 0.372 e. The minimum Gasteiger partial charge on any atom is -0.372 e. The second-order valence-corrected chi connectivity index (χ2v) is 5.86. The molecule has 3 heterocycles. The van der Waals surface area contributed by atoms with Crippen LogP contribution in [0.2, 0.25) is 0 Å². The Morgan fingerprint density at radius 2 is 2.07 bits per heavy atom. The summed E-state index contributed by atoms with van der Waals surface area (Å²) in [6.45, 7) is 0. The van der Waals surface area contributed by atoms with Crippen LogP contribution in [-0.4, -0.2) is 29.2 Å². The molecule has 2 bridgehead atoms. The molecule has 0 amide bonds. The Kier molecular flexibility index (Phi) is 2.82. The highest BCUT2D eigenvalue weighted by molar-refractivity contribution is 9.09. The number of hydrogen-bond acceptors (Lipinski definition) is 2. The van der Waals surface area contributed by atoms with Gasteiger partial charge in [0.25, 0.3) is 0 Å². The molecule has 86 valence electrons. The van der Waals surface area contributed by atoms with E-state index >= 15 is 0 Å². The topological polar surface area (TPSA) is 18.5 Å². The lowest BCUT2D eigenvalue weighted by Crippen LogP contribution is -2.52. The van der Waals surface area contributed by atoms with Crippen LogP contribution in [0.5, 0.6) is 0 Å². The minimum absolute atomic E-state index is 0.0870. The highest BCUT2D eigenvalue weighted by atomic mass is 79.9. The molecule has 0 radical (unpaired) electrons. The smallest absolute Gasteiger partial charge is 0.0948 e. The molecule has 0 N–H and O–H groups in total. The van der Waals surface area contributed by atoms with Crippen molar-refractivity contribution in [3.05, 3.63) is 0 Å². The molecule has 4 unspecified atom stereocenters. The minimum atomic E-state index is 0.0870. The normalized spacial score (nSPS) is 49.8. The van der Waals surface area contributed by atoms with E-state index in [1.165, 1.54) is 44.9 Å². The average Bonchev–Trinajstić information content (AvgIpc) is 2.70. The summed E-state index contributed by atoms with van der Waals surface area (Å²) in [4.78, 5) is 0. The van der Waals surface area contributed by atoms with Crippen molar-refractivity contribution in [3.8, 4) is 0 Å². The maximum atomic E-state index is 6.32. The quantitative estimate of drug-likeness (QED) is 0.685. The number of alkyl halides is 1. The van der Waals surface area contributed by atoms with Gasteiger partial charge in [0.2, 0.25) is 0 Å². The molecule has 2 nitrogen and oxygen atoms in total. The number of ether oxygens (including phenoxy) is 2. The fraction of sp³-hybridized carbons (Fsp3) is 1.00. The number of fused-ring (bicyclic) bond motifs is 3. The van der Waals surface area contributed by atoms with E-state index in [1.807, 2.05) is 0 Å². The molecule has 15 heavy (non-hydrogen) atoms. The van der Waals surface area contributed by atoms with E-state index in [0.717, 1.165) is 5.33 Å². The summed E-state index contributed by atoms with van der Waals surface area (Å²) < 4.78 is 12.4. The summed E-state index contributed by atoms with van der Waals surface area (Å²) in [7, 11) is 0. The van der Waals surface area contributed by atoms with Crippen LogP contribution in [0.1, 0.15) is 44.9 Å². The molecule has 0 aromatic heterocycles. The van der Waals surface area contributed by atoms with Gasteiger partial charge in [-0.2, -0.15) is 0 Å². The molecule has 0 saturated carbocycles. The van der Waals surface area contributed by atoms with Crippen molar-refractivity contribution >= 4 is 15.9 Å². The van der Waals surface area contributed by atoms with Crippen molar-refractivity contribution in [1.29, 1.82) is 0 Å². The van der Waals surface area contributed by atoms with Crippen LogP contribution in [0.25, 0.3) is 0 Å². The summed E-state index contributed by atoms with van der Waals surface area (Å²) >= 11 is 3.55.